The molecule has 1 aliphatic rings. The van der Waals surface area contributed by atoms with Crippen LogP contribution < -0.4 is 0 Å². The first kappa shape index (κ1) is 15.2. The van der Waals surface area contributed by atoms with Crippen molar-refractivity contribution in [2.75, 3.05) is 13.1 Å². The summed E-state index contributed by atoms with van der Waals surface area (Å²) in [5.41, 5.74) is 0. The van der Waals surface area contributed by atoms with E-state index in [9.17, 15) is 14.4 Å². The Morgan fingerprint density at radius 3 is 2.52 bits per heavy atom. The van der Waals surface area contributed by atoms with Crippen LogP contribution in [0.4, 0.5) is 0 Å². The third kappa shape index (κ3) is 3.69. The molecule has 2 N–H and O–H groups in total. The number of aliphatic carboxylic acids is 2. The molecule has 7 heteroatoms. The van der Waals surface area contributed by atoms with Gasteiger partial charge in [-0.15, -0.1) is 11.3 Å². The van der Waals surface area contributed by atoms with Crippen molar-refractivity contribution >= 4 is 35.3 Å². The summed E-state index contributed by atoms with van der Waals surface area (Å²) < 4.78 is 0. The van der Waals surface area contributed by atoms with E-state index < -0.39 is 23.8 Å². The molecule has 112 valence electrons. The van der Waals surface area contributed by atoms with Crippen molar-refractivity contribution in [2.45, 2.75) is 6.42 Å². The maximum atomic E-state index is 12.0. The smallest absolute Gasteiger partial charge is 0.309 e. The van der Waals surface area contributed by atoms with Crippen molar-refractivity contribution in [1.82, 2.24) is 4.90 Å². The molecule has 2 heterocycles. The van der Waals surface area contributed by atoms with Crippen LogP contribution in [0.3, 0.4) is 0 Å². The second-order valence-corrected chi connectivity index (χ2v) is 5.79. The average molecular weight is 309 g/mol. The molecule has 1 amide bonds. The van der Waals surface area contributed by atoms with E-state index in [4.69, 9.17) is 10.2 Å². The van der Waals surface area contributed by atoms with Crippen LogP contribution in [0, 0.1) is 11.8 Å². The van der Waals surface area contributed by atoms with Crippen LogP contribution in [-0.2, 0) is 14.4 Å². The van der Waals surface area contributed by atoms with Gasteiger partial charge in [-0.1, -0.05) is 6.07 Å². The van der Waals surface area contributed by atoms with Gasteiger partial charge in [-0.25, -0.2) is 0 Å². The first-order chi connectivity index (χ1) is 9.99. The van der Waals surface area contributed by atoms with Gasteiger partial charge in [0.05, 0.1) is 11.8 Å². The summed E-state index contributed by atoms with van der Waals surface area (Å²) in [5, 5.41) is 20.0. The van der Waals surface area contributed by atoms with E-state index in [1.165, 1.54) is 22.3 Å². The lowest BCUT2D eigenvalue weighted by Gasteiger charge is -2.33. The molecule has 2 atom stereocenters. The molecule has 0 aliphatic carbocycles. The molecule has 0 radical (unpaired) electrons. The standard InChI is InChI=1S/C14H15NO5S/c16-12(4-3-9-2-1-7-21-9)15-6-5-10(13(17)18)11(8-15)14(19)20/h1-4,7,10-11H,5-6,8H2,(H,17,18)(H,19,20)/b4-3+. The van der Waals surface area contributed by atoms with Gasteiger partial charge in [-0.2, -0.15) is 0 Å². The first-order valence-electron chi connectivity index (χ1n) is 6.45. The Hall–Kier alpha value is -2.15. The highest BCUT2D eigenvalue weighted by molar-refractivity contribution is 7.10. The van der Waals surface area contributed by atoms with E-state index in [0.717, 1.165) is 4.88 Å². The fourth-order valence-electron chi connectivity index (χ4n) is 2.34. The van der Waals surface area contributed by atoms with E-state index >= 15 is 0 Å². The highest BCUT2D eigenvalue weighted by atomic mass is 32.1. The van der Waals surface area contributed by atoms with E-state index in [2.05, 4.69) is 0 Å². The largest absolute Gasteiger partial charge is 0.481 e. The zero-order chi connectivity index (χ0) is 15.4. The number of hydrogen-bond acceptors (Lipinski definition) is 4. The third-order valence-corrected chi connectivity index (χ3v) is 4.33. The van der Waals surface area contributed by atoms with Crippen LogP contribution in [0.15, 0.2) is 23.6 Å². The van der Waals surface area contributed by atoms with Gasteiger partial charge in [0.25, 0.3) is 0 Å². The Labute approximate surface area is 125 Å². The van der Waals surface area contributed by atoms with Crippen molar-refractivity contribution in [1.29, 1.82) is 0 Å². The highest BCUT2D eigenvalue weighted by Gasteiger charge is 2.39. The Balaban J connectivity index is 2.03. The van der Waals surface area contributed by atoms with E-state index in [1.807, 2.05) is 17.5 Å². The van der Waals surface area contributed by atoms with Gasteiger partial charge >= 0.3 is 11.9 Å². The van der Waals surface area contributed by atoms with E-state index in [0.29, 0.717) is 0 Å². The number of likely N-dealkylation sites (tertiary alicyclic amines) is 1. The predicted octanol–water partition coefficient (Wildman–Crippen LogP) is 1.40. The van der Waals surface area contributed by atoms with Gasteiger partial charge in [-0.3, -0.25) is 14.4 Å². The van der Waals surface area contributed by atoms with Gasteiger partial charge in [0.15, 0.2) is 0 Å². The topological polar surface area (TPSA) is 94.9 Å². The molecule has 1 aromatic rings. The molecule has 1 fully saturated rings. The maximum Gasteiger partial charge on any atom is 0.309 e. The van der Waals surface area contributed by atoms with Crippen LogP contribution in [0.25, 0.3) is 6.08 Å². The van der Waals surface area contributed by atoms with Crippen molar-refractivity contribution < 1.29 is 24.6 Å². The minimum absolute atomic E-state index is 0.0695. The molecular formula is C14H15NO5S. The van der Waals surface area contributed by atoms with Crippen LogP contribution in [0.5, 0.6) is 0 Å². The Bertz CT molecular complexity index is 566. The molecule has 0 spiro atoms. The number of carbonyl (C=O) groups is 3. The van der Waals surface area contributed by atoms with Crippen LogP contribution in [-0.4, -0.2) is 46.0 Å². The predicted molar refractivity (Wildman–Crippen MR) is 76.8 cm³/mol. The fourth-order valence-corrected chi connectivity index (χ4v) is 2.96. The normalized spacial score (nSPS) is 22.4. The molecule has 1 aromatic heterocycles. The number of carboxylic acid groups (broad SMARTS) is 2. The number of piperidine rings is 1. The summed E-state index contributed by atoms with van der Waals surface area (Å²) in [6.45, 7) is 0.189. The summed E-state index contributed by atoms with van der Waals surface area (Å²) in [5.74, 6) is -4.59. The van der Waals surface area contributed by atoms with Crippen molar-refractivity contribution in [3.8, 4) is 0 Å². The zero-order valence-corrected chi connectivity index (χ0v) is 12.0. The van der Waals surface area contributed by atoms with Crippen molar-refractivity contribution in [2.24, 2.45) is 11.8 Å². The van der Waals surface area contributed by atoms with Crippen LogP contribution in [0.1, 0.15) is 11.3 Å². The summed E-state index contributed by atoms with van der Waals surface area (Å²) >= 11 is 1.49. The molecule has 2 unspecified atom stereocenters. The van der Waals surface area contributed by atoms with E-state index in [-0.39, 0.29) is 25.4 Å². The summed E-state index contributed by atoms with van der Waals surface area (Å²) in [4.78, 5) is 36.6. The van der Waals surface area contributed by atoms with Crippen molar-refractivity contribution in [3.05, 3.63) is 28.5 Å². The fraction of sp³-hybridized carbons (Fsp3) is 0.357. The molecule has 6 nitrogen and oxygen atoms in total. The number of hydrogen-bond donors (Lipinski definition) is 2. The Morgan fingerprint density at radius 2 is 1.95 bits per heavy atom. The van der Waals surface area contributed by atoms with Gasteiger partial charge < -0.3 is 15.1 Å². The van der Waals surface area contributed by atoms with Crippen molar-refractivity contribution in [3.63, 3.8) is 0 Å². The van der Waals surface area contributed by atoms with Gasteiger partial charge in [0.1, 0.15) is 0 Å². The van der Waals surface area contributed by atoms with Gasteiger partial charge in [0, 0.05) is 24.0 Å². The quantitative estimate of drug-likeness (QED) is 0.820. The minimum Gasteiger partial charge on any atom is -0.481 e. The molecule has 1 aliphatic heterocycles. The molecule has 0 bridgehead atoms. The number of carboxylic acids is 2. The molecule has 0 saturated carbocycles. The SMILES string of the molecule is O=C(O)C1CCN(C(=O)/C=C/c2cccs2)CC1C(=O)O. The lowest BCUT2D eigenvalue weighted by molar-refractivity contribution is -0.158. The lowest BCUT2D eigenvalue weighted by Crippen LogP contribution is -2.48. The maximum absolute atomic E-state index is 12.0. The number of amides is 1. The van der Waals surface area contributed by atoms with E-state index in [1.54, 1.807) is 6.08 Å². The molecule has 1 saturated heterocycles. The minimum atomic E-state index is -1.18. The number of nitrogens with zero attached hydrogens (tertiary/aromatic N) is 1. The molecule has 0 aromatic carbocycles. The molecule has 2 rings (SSSR count). The zero-order valence-electron chi connectivity index (χ0n) is 11.1. The Morgan fingerprint density at radius 1 is 1.24 bits per heavy atom. The average Bonchev–Trinajstić information content (AvgIpc) is 2.97. The van der Waals surface area contributed by atoms with Crippen LogP contribution >= 0.6 is 11.3 Å². The summed E-state index contributed by atoms with van der Waals surface area (Å²) in [6.07, 6.45) is 3.22. The monoisotopic (exact) mass is 309 g/mol. The lowest BCUT2D eigenvalue weighted by atomic mass is 9.85. The van der Waals surface area contributed by atoms with Gasteiger partial charge in [-0.05, 0) is 23.9 Å². The van der Waals surface area contributed by atoms with Gasteiger partial charge in [0.2, 0.25) is 5.91 Å². The molecule has 21 heavy (non-hydrogen) atoms. The first-order valence-corrected chi connectivity index (χ1v) is 7.33. The number of thiophene rings is 1. The Kier molecular flexibility index (Phi) is 4.74. The van der Waals surface area contributed by atoms with Crippen LogP contribution in [0.2, 0.25) is 0 Å². The second kappa shape index (κ2) is 6.53. The highest BCUT2D eigenvalue weighted by Crippen LogP contribution is 2.24. The second-order valence-electron chi connectivity index (χ2n) is 4.81. The summed E-state index contributed by atoms with van der Waals surface area (Å²) in [7, 11) is 0. The summed E-state index contributed by atoms with van der Waals surface area (Å²) in [6, 6.07) is 3.73. The third-order valence-electron chi connectivity index (χ3n) is 3.49. The number of carbonyl (C=O) groups excluding carboxylic acids is 1. The number of rotatable bonds is 4. The molecular weight excluding hydrogens is 294 g/mol.